The Morgan fingerprint density at radius 2 is 2.00 bits per heavy atom. The fourth-order valence-corrected chi connectivity index (χ4v) is 1.36. The van der Waals surface area contributed by atoms with Crippen molar-refractivity contribution in [2.24, 2.45) is 0 Å². The van der Waals surface area contributed by atoms with Crippen molar-refractivity contribution in [2.75, 3.05) is 26.2 Å². The molecule has 0 aliphatic carbocycles. The standard InChI is InChI=1S/C10H18N2/c1-3-4-5-10(2)12-8-6-11-7-9-12/h3-5,11H,6-9H2,1-2H3/b4-3-,10-5+. The van der Waals surface area contributed by atoms with E-state index in [1.807, 2.05) is 6.92 Å². The Labute approximate surface area is 74.9 Å². The molecule has 1 rings (SSSR count). The summed E-state index contributed by atoms with van der Waals surface area (Å²) in [4.78, 5) is 2.41. The maximum absolute atomic E-state index is 3.34. The Hall–Kier alpha value is -0.760. The molecule has 0 aromatic rings. The molecule has 1 heterocycles. The highest BCUT2D eigenvalue weighted by atomic mass is 15.2. The van der Waals surface area contributed by atoms with Crippen LogP contribution in [0.1, 0.15) is 13.8 Å². The van der Waals surface area contributed by atoms with Crippen molar-refractivity contribution in [2.45, 2.75) is 13.8 Å². The molecule has 0 atom stereocenters. The SMILES string of the molecule is C/C=C\C=C(/C)N1CCNCC1. The smallest absolute Gasteiger partial charge is 0.0300 e. The summed E-state index contributed by atoms with van der Waals surface area (Å²) >= 11 is 0. The number of piperazine rings is 1. The molecule has 0 saturated carbocycles. The molecule has 0 radical (unpaired) electrons. The van der Waals surface area contributed by atoms with E-state index in [-0.39, 0.29) is 0 Å². The highest BCUT2D eigenvalue weighted by molar-refractivity contribution is 5.09. The first kappa shape index (κ1) is 9.33. The molecule has 0 aromatic heterocycles. The maximum Gasteiger partial charge on any atom is 0.0300 e. The summed E-state index contributed by atoms with van der Waals surface area (Å²) in [6, 6.07) is 0. The van der Waals surface area contributed by atoms with Gasteiger partial charge in [-0.1, -0.05) is 12.2 Å². The van der Waals surface area contributed by atoms with Gasteiger partial charge in [0, 0.05) is 31.9 Å². The first-order chi connectivity index (χ1) is 5.84. The molecule has 1 fully saturated rings. The number of nitrogens with zero attached hydrogens (tertiary/aromatic N) is 1. The normalized spacial score (nSPS) is 20.5. The highest BCUT2D eigenvalue weighted by Gasteiger charge is 2.07. The van der Waals surface area contributed by atoms with Crippen LogP contribution in [0.25, 0.3) is 0 Å². The number of allylic oxidation sites excluding steroid dienone is 4. The maximum atomic E-state index is 3.34. The summed E-state index contributed by atoms with van der Waals surface area (Å²) in [5, 5.41) is 3.34. The van der Waals surface area contributed by atoms with Crippen LogP contribution < -0.4 is 5.32 Å². The molecule has 0 amide bonds. The molecule has 1 N–H and O–H groups in total. The van der Waals surface area contributed by atoms with Crippen molar-refractivity contribution >= 4 is 0 Å². The predicted octanol–water partition coefficient (Wildman–Crippen LogP) is 1.37. The van der Waals surface area contributed by atoms with E-state index in [4.69, 9.17) is 0 Å². The lowest BCUT2D eigenvalue weighted by Crippen LogP contribution is -2.42. The van der Waals surface area contributed by atoms with Crippen molar-refractivity contribution < 1.29 is 0 Å². The van der Waals surface area contributed by atoms with Gasteiger partial charge in [-0.2, -0.15) is 0 Å². The van der Waals surface area contributed by atoms with Crippen molar-refractivity contribution in [1.29, 1.82) is 0 Å². The van der Waals surface area contributed by atoms with Gasteiger partial charge in [0.05, 0.1) is 0 Å². The van der Waals surface area contributed by atoms with E-state index < -0.39 is 0 Å². The van der Waals surface area contributed by atoms with Crippen LogP contribution in [0.5, 0.6) is 0 Å². The van der Waals surface area contributed by atoms with E-state index in [1.54, 1.807) is 0 Å². The minimum atomic E-state index is 1.11. The second kappa shape index (κ2) is 4.99. The largest absolute Gasteiger partial charge is 0.372 e. The van der Waals surface area contributed by atoms with Gasteiger partial charge in [0.25, 0.3) is 0 Å². The molecule has 0 unspecified atom stereocenters. The quantitative estimate of drug-likeness (QED) is 0.623. The third-order valence-corrected chi connectivity index (χ3v) is 2.15. The summed E-state index contributed by atoms with van der Waals surface area (Å²) in [5.41, 5.74) is 1.37. The van der Waals surface area contributed by atoms with Crippen LogP contribution in [0.2, 0.25) is 0 Å². The van der Waals surface area contributed by atoms with Crippen LogP contribution in [0.15, 0.2) is 23.9 Å². The zero-order chi connectivity index (χ0) is 8.81. The van der Waals surface area contributed by atoms with Gasteiger partial charge in [0.1, 0.15) is 0 Å². The lowest BCUT2D eigenvalue weighted by atomic mass is 10.3. The van der Waals surface area contributed by atoms with Crippen molar-refractivity contribution in [3.05, 3.63) is 23.9 Å². The molecule has 1 aliphatic heterocycles. The van der Waals surface area contributed by atoms with Gasteiger partial charge in [-0.05, 0) is 19.9 Å². The Morgan fingerprint density at radius 3 is 2.58 bits per heavy atom. The lowest BCUT2D eigenvalue weighted by Gasteiger charge is -2.29. The molecular formula is C10H18N2. The minimum absolute atomic E-state index is 1.11. The van der Waals surface area contributed by atoms with E-state index in [0.717, 1.165) is 26.2 Å². The van der Waals surface area contributed by atoms with E-state index in [1.165, 1.54) is 5.70 Å². The summed E-state index contributed by atoms with van der Waals surface area (Å²) in [7, 11) is 0. The fraction of sp³-hybridized carbons (Fsp3) is 0.600. The first-order valence-corrected chi connectivity index (χ1v) is 4.60. The van der Waals surface area contributed by atoms with E-state index in [0.29, 0.717) is 0 Å². The lowest BCUT2D eigenvalue weighted by molar-refractivity contribution is 0.300. The Balaban J connectivity index is 2.44. The zero-order valence-corrected chi connectivity index (χ0v) is 8.01. The van der Waals surface area contributed by atoms with E-state index in [2.05, 4.69) is 35.4 Å². The summed E-state index contributed by atoms with van der Waals surface area (Å²) in [5.74, 6) is 0. The molecule has 0 spiro atoms. The third-order valence-electron chi connectivity index (χ3n) is 2.15. The number of rotatable bonds is 2. The molecule has 2 nitrogen and oxygen atoms in total. The van der Waals surface area contributed by atoms with Crippen LogP contribution in [0.3, 0.4) is 0 Å². The van der Waals surface area contributed by atoms with E-state index in [9.17, 15) is 0 Å². The molecule has 0 bridgehead atoms. The number of hydrogen-bond acceptors (Lipinski definition) is 2. The zero-order valence-electron chi connectivity index (χ0n) is 8.01. The Kier molecular flexibility index (Phi) is 3.88. The van der Waals surface area contributed by atoms with Crippen molar-refractivity contribution in [3.8, 4) is 0 Å². The number of hydrogen-bond donors (Lipinski definition) is 1. The van der Waals surface area contributed by atoms with Gasteiger partial charge >= 0.3 is 0 Å². The predicted molar refractivity (Wildman–Crippen MR) is 53.0 cm³/mol. The average molecular weight is 166 g/mol. The van der Waals surface area contributed by atoms with Gasteiger partial charge < -0.3 is 10.2 Å². The van der Waals surface area contributed by atoms with Crippen molar-refractivity contribution in [1.82, 2.24) is 10.2 Å². The van der Waals surface area contributed by atoms with Gasteiger partial charge in [-0.15, -0.1) is 0 Å². The summed E-state index contributed by atoms with van der Waals surface area (Å²) in [6.07, 6.45) is 6.33. The topological polar surface area (TPSA) is 15.3 Å². The molecule has 68 valence electrons. The fourth-order valence-electron chi connectivity index (χ4n) is 1.36. The number of nitrogens with one attached hydrogen (secondary N) is 1. The minimum Gasteiger partial charge on any atom is -0.372 e. The Morgan fingerprint density at radius 1 is 1.33 bits per heavy atom. The molecule has 12 heavy (non-hydrogen) atoms. The molecule has 0 aromatic carbocycles. The van der Waals surface area contributed by atoms with Crippen LogP contribution in [0.4, 0.5) is 0 Å². The molecule has 1 saturated heterocycles. The highest BCUT2D eigenvalue weighted by Crippen LogP contribution is 2.04. The van der Waals surface area contributed by atoms with Crippen LogP contribution in [-0.2, 0) is 0 Å². The van der Waals surface area contributed by atoms with E-state index >= 15 is 0 Å². The van der Waals surface area contributed by atoms with Gasteiger partial charge in [0.15, 0.2) is 0 Å². The summed E-state index contributed by atoms with van der Waals surface area (Å²) in [6.45, 7) is 8.72. The molecule has 1 aliphatic rings. The van der Waals surface area contributed by atoms with Crippen LogP contribution in [0, 0.1) is 0 Å². The van der Waals surface area contributed by atoms with Gasteiger partial charge in [0.2, 0.25) is 0 Å². The summed E-state index contributed by atoms with van der Waals surface area (Å²) < 4.78 is 0. The third kappa shape index (κ3) is 2.70. The van der Waals surface area contributed by atoms with Crippen LogP contribution in [-0.4, -0.2) is 31.1 Å². The molecule has 2 heteroatoms. The monoisotopic (exact) mass is 166 g/mol. The first-order valence-electron chi connectivity index (χ1n) is 4.60. The Bertz CT molecular complexity index is 176. The average Bonchev–Trinajstić information content (AvgIpc) is 2.15. The van der Waals surface area contributed by atoms with Crippen molar-refractivity contribution in [3.63, 3.8) is 0 Å². The second-order valence-corrected chi connectivity index (χ2v) is 3.07. The molecular weight excluding hydrogens is 148 g/mol. The van der Waals surface area contributed by atoms with Gasteiger partial charge in [-0.25, -0.2) is 0 Å². The van der Waals surface area contributed by atoms with Crippen LogP contribution >= 0.6 is 0 Å². The second-order valence-electron chi connectivity index (χ2n) is 3.07. The van der Waals surface area contributed by atoms with Gasteiger partial charge in [-0.3, -0.25) is 0 Å².